The number of aliphatic hydroxyl groups is 1. The molecular formula is C28H46N8O. The monoisotopic (exact) mass is 510 g/mol. The molecule has 204 valence electrons. The second kappa shape index (κ2) is 15.1. The summed E-state index contributed by atoms with van der Waals surface area (Å²) in [6.45, 7) is 9.68. The molecule has 0 atom stereocenters. The van der Waals surface area contributed by atoms with Gasteiger partial charge in [0.15, 0.2) is 0 Å². The topological polar surface area (TPSA) is 115 Å². The molecule has 0 radical (unpaired) electrons. The summed E-state index contributed by atoms with van der Waals surface area (Å²) in [6.07, 6.45) is 6.23. The fourth-order valence-corrected chi connectivity index (χ4v) is 5.38. The van der Waals surface area contributed by atoms with Gasteiger partial charge in [-0.2, -0.15) is 9.97 Å². The van der Waals surface area contributed by atoms with Crippen LogP contribution >= 0.6 is 0 Å². The van der Waals surface area contributed by atoms with Crippen LogP contribution in [0.5, 0.6) is 0 Å². The zero-order valence-electron chi connectivity index (χ0n) is 22.2. The van der Waals surface area contributed by atoms with Crippen LogP contribution in [0.15, 0.2) is 36.4 Å². The standard InChI is InChI=1S/C28H46N8O/c29-26-19-27(36-15-13-35(14-16-36)17-18-37)34-28(33-26)32-22-25-9-7-24(8-10-25)21-31-12-4-11-30-20-23-5-2-1-3-6-23/h1-3,5-6,19,24-25,30-31,37H,4,7-18,20-22H2,(H3,29,32,33,34)/t24-,25-. The van der Waals surface area contributed by atoms with Crippen molar-refractivity contribution in [1.29, 1.82) is 0 Å². The zero-order chi connectivity index (χ0) is 25.7. The lowest BCUT2D eigenvalue weighted by atomic mass is 9.82. The first kappa shape index (κ1) is 27.6. The molecule has 9 nitrogen and oxygen atoms in total. The highest BCUT2D eigenvalue weighted by atomic mass is 16.3. The van der Waals surface area contributed by atoms with Gasteiger partial charge in [-0.1, -0.05) is 30.3 Å². The van der Waals surface area contributed by atoms with Gasteiger partial charge < -0.3 is 31.7 Å². The highest BCUT2D eigenvalue weighted by Gasteiger charge is 2.22. The van der Waals surface area contributed by atoms with E-state index in [1.54, 1.807) is 0 Å². The summed E-state index contributed by atoms with van der Waals surface area (Å²) < 4.78 is 0. The van der Waals surface area contributed by atoms with E-state index >= 15 is 0 Å². The average molecular weight is 511 g/mol. The van der Waals surface area contributed by atoms with E-state index in [1.165, 1.54) is 31.2 Å². The first-order valence-electron chi connectivity index (χ1n) is 14.1. The maximum Gasteiger partial charge on any atom is 0.226 e. The van der Waals surface area contributed by atoms with Crippen LogP contribution in [0.2, 0.25) is 0 Å². The molecule has 1 aliphatic carbocycles. The van der Waals surface area contributed by atoms with Crippen LogP contribution in [0.25, 0.3) is 0 Å². The van der Waals surface area contributed by atoms with Crippen LogP contribution in [0.3, 0.4) is 0 Å². The van der Waals surface area contributed by atoms with E-state index in [0.29, 0.717) is 17.7 Å². The van der Waals surface area contributed by atoms with Crippen molar-refractivity contribution in [2.75, 3.05) is 81.5 Å². The van der Waals surface area contributed by atoms with Gasteiger partial charge in [0, 0.05) is 51.9 Å². The molecule has 0 amide bonds. The molecular weight excluding hydrogens is 464 g/mol. The summed E-state index contributed by atoms with van der Waals surface area (Å²) in [5.74, 6) is 3.48. The summed E-state index contributed by atoms with van der Waals surface area (Å²) in [7, 11) is 0. The Morgan fingerprint density at radius 2 is 1.59 bits per heavy atom. The number of rotatable bonds is 14. The van der Waals surface area contributed by atoms with Crippen LogP contribution in [-0.2, 0) is 6.54 Å². The minimum Gasteiger partial charge on any atom is -0.395 e. The van der Waals surface area contributed by atoms with Crippen molar-refractivity contribution in [2.24, 2.45) is 11.8 Å². The lowest BCUT2D eigenvalue weighted by molar-refractivity contribution is 0.188. The highest BCUT2D eigenvalue weighted by Crippen LogP contribution is 2.28. The predicted octanol–water partition coefficient (Wildman–Crippen LogP) is 2.16. The van der Waals surface area contributed by atoms with E-state index < -0.39 is 0 Å². The molecule has 2 fully saturated rings. The number of nitrogens with one attached hydrogen (secondary N) is 3. The van der Waals surface area contributed by atoms with Gasteiger partial charge >= 0.3 is 0 Å². The summed E-state index contributed by atoms with van der Waals surface area (Å²) in [6, 6.07) is 12.4. The summed E-state index contributed by atoms with van der Waals surface area (Å²) in [4.78, 5) is 13.7. The minimum absolute atomic E-state index is 0.209. The Bertz CT molecular complexity index is 898. The molecule has 0 bridgehead atoms. The third-order valence-electron chi connectivity index (χ3n) is 7.67. The highest BCUT2D eigenvalue weighted by molar-refractivity contribution is 5.51. The Labute approximate surface area is 222 Å². The molecule has 0 spiro atoms. The number of hydrogen-bond donors (Lipinski definition) is 5. The van der Waals surface area contributed by atoms with Crippen LogP contribution < -0.4 is 26.6 Å². The second-order valence-electron chi connectivity index (χ2n) is 10.5. The van der Waals surface area contributed by atoms with Crippen molar-refractivity contribution in [1.82, 2.24) is 25.5 Å². The van der Waals surface area contributed by atoms with E-state index in [0.717, 1.165) is 83.6 Å². The maximum atomic E-state index is 9.15. The van der Waals surface area contributed by atoms with Crippen LogP contribution in [0.1, 0.15) is 37.7 Å². The number of nitrogens with zero attached hydrogens (tertiary/aromatic N) is 4. The lowest BCUT2D eigenvalue weighted by Crippen LogP contribution is -2.47. The number of nitrogen functional groups attached to an aromatic ring is 1. The fraction of sp³-hybridized carbons (Fsp3) is 0.643. The number of aliphatic hydroxyl groups excluding tert-OH is 1. The van der Waals surface area contributed by atoms with Crippen molar-refractivity contribution in [3.8, 4) is 0 Å². The fourth-order valence-electron chi connectivity index (χ4n) is 5.38. The number of aromatic nitrogens is 2. The largest absolute Gasteiger partial charge is 0.395 e. The molecule has 1 aliphatic heterocycles. The van der Waals surface area contributed by atoms with Crippen LogP contribution in [-0.4, -0.2) is 85.5 Å². The Balaban J connectivity index is 1.08. The first-order valence-corrected chi connectivity index (χ1v) is 14.1. The normalized spacial score (nSPS) is 20.7. The van der Waals surface area contributed by atoms with Gasteiger partial charge in [-0.3, -0.25) is 4.90 Å². The Morgan fingerprint density at radius 1 is 0.892 bits per heavy atom. The molecule has 1 saturated heterocycles. The molecule has 1 aromatic heterocycles. The van der Waals surface area contributed by atoms with Crippen molar-refractivity contribution in [3.63, 3.8) is 0 Å². The Hall–Kier alpha value is -2.46. The summed E-state index contributed by atoms with van der Waals surface area (Å²) >= 11 is 0. The van der Waals surface area contributed by atoms with Gasteiger partial charge in [0.1, 0.15) is 11.6 Å². The van der Waals surface area contributed by atoms with Crippen molar-refractivity contribution >= 4 is 17.6 Å². The molecule has 9 heteroatoms. The quantitative estimate of drug-likeness (QED) is 0.244. The smallest absolute Gasteiger partial charge is 0.226 e. The van der Waals surface area contributed by atoms with Crippen LogP contribution in [0, 0.1) is 11.8 Å². The molecule has 0 unspecified atom stereocenters. The third-order valence-corrected chi connectivity index (χ3v) is 7.67. The van der Waals surface area contributed by atoms with Gasteiger partial charge in [-0.25, -0.2) is 0 Å². The van der Waals surface area contributed by atoms with Gasteiger partial charge in [0.2, 0.25) is 5.95 Å². The number of benzene rings is 1. The lowest BCUT2D eigenvalue weighted by Gasteiger charge is -2.35. The van der Waals surface area contributed by atoms with E-state index in [2.05, 4.69) is 61.1 Å². The number of β-amino-alcohol motifs (C(OH)–C–C–N with tert-alkyl or cyclic N) is 1. The SMILES string of the molecule is Nc1cc(N2CCN(CCO)CC2)nc(NC[C@H]2CC[C@H](CNCCCNCc3ccccc3)CC2)n1. The number of piperazine rings is 1. The van der Waals surface area contributed by atoms with E-state index in [4.69, 9.17) is 15.8 Å². The predicted molar refractivity (Wildman–Crippen MR) is 152 cm³/mol. The maximum absolute atomic E-state index is 9.15. The van der Waals surface area contributed by atoms with Crippen molar-refractivity contribution in [3.05, 3.63) is 42.0 Å². The molecule has 2 aliphatic rings. The summed E-state index contributed by atoms with van der Waals surface area (Å²) in [5, 5.41) is 19.8. The van der Waals surface area contributed by atoms with Gasteiger partial charge in [0.05, 0.1) is 6.61 Å². The van der Waals surface area contributed by atoms with E-state index in [-0.39, 0.29) is 6.61 Å². The molecule has 1 aromatic carbocycles. The second-order valence-corrected chi connectivity index (χ2v) is 10.5. The van der Waals surface area contributed by atoms with Crippen molar-refractivity contribution in [2.45, 2.75) is 38.6 Å². The van der Waals surface area contributed by atoms with E-state index in [9.17, 15) is 0 Å². The third kappa shape index (κ3) is 9.41. The molecule has 37 heavy (non-hydrogen) atoms. The average Bonchev–Trinajstić information content (AvgIpc) is 2.93. The first-order chi connectivity index (χ1) is 18.2. The molecule has 6 N–H and O–H groups in total. The minimum atomic E-state index is 0.209. The summed E-state index contributed by atoms with van der Waals surface area (Å²) in [5.41, 5.74) is 7.45. The Morgan fingerprint density at radius 3 is 2.32 bits per heavy atom. The number of nitrogens with two attached hydrogens (primary N) is 1. The number of anilines is 3. The zero-order valence-corrected chi connectivity index (χ0v) is 22.2. The van der Waals surface area contributed by atoms with Gasteiger partial charge in [-0.05, 0) is 69.1 Å². The van der Waals surface area contributed by atoms with E-state index in [1.807, 2.05) is 6.07 Å². The van der Waals surface area contributed by atoms with Gasteiger partial charge in [-0.15, -0.1) is 0 Å². The molecule has 2 aromatic rings. The van der Waals surface area contributed by atoms with Crippen LogP contribution in [0.4, 0.5) is 17.6 Å². The Kier molecular flexibility index (Phi) is 11.2. The number of hydrogen-bond acceptors (Lipinski definition) is 9. The van der Waals surface area contributed by atoms with Gasteiger partial charge in [0.25, 0.3) is 0 Å². The van der Waals surface area contributed by atoms with Crippen molar-refractivity contribution < 1.29 is 5.11 Å². The molecule has 1 saturated carbocycles. The molecule has 2 heterocycles. The molecule has 4 rings (SSSR count).